The molecule has 0 saturated heterocycles. The van der Waals surface area contributed by atoms with Crippen molar-refractivity contribution in [3.63, 3.8) is 0 Å². The number of aliphatic hydroxyl groups excluding tert-OH is 1. The van der Waals surface area contributed by atoms with Crippen molar-refractivity contribution < 1.29 is 9.90 Å². The standard InChI is InChI=1S/C13H18BrNO2/c1-9(2)10(8-16)13(17)15(3)12-7-5-4-6-11(12)14/h4-7,9-10,16H,8H2,1-3H3. The zero-order valence-corrected chi connectivity index (χ0v) is 11.9. The van der Waals surface area contributed by atoms with E-state index in [0.29, 0.717) is 0 Å². The van der Waals surface area contributed by atoms with Crippen molar-refractivity contribution in [2.45, 2.75) is 13.8 Å². The number of nitrogens with zero attached hydrogens (tertiary/aromatic N) is 1. The average Bonchev–Trinajstić information content (AvgIpc) is 2.29. The second-order valence-electron chi connectivity index (χ2n) is 4.38. The third kappa shape index (κ3) is 3.30. The van der Waals surface area contributed by atoms with Gasteiger partial charge in [-0.3, -0.25) is 4.79 Å². The van der Waals surface area contributed by atoms with Crippen LogP contribution >= 0.6 is 15.9 Å². The quantitative estimate of drug-likeness (QED) is 0.928. The van der Waals surface area contributed by atoms with Crippen LogP contribution in [-0.4, -0.2) is 24.7 Å². The summed E-state index contributed by atoms with van der Waals surface area (Å²) in [6.45, 7) is 3.75. The number of benzene rings is 1. The summed E-state index contributed by atoms with van der Waals surface area (Å²) in [5.74, 6) is -0.293. The number of anilines is 1. The summed E-state index contributed by atoms with van der Waals surface area (Å²) < 4.78 is 0.872. The van der Waals surface area contributed by atoms with Gasteiger partial charge < -0.3 is 10.0 Å². The fourth-order valence-corrected chi connectivity index (χ4v) is 2.22. The zero-order valence-electron chi connectivity index (χ0n) is 10.4. The second kappa shape index (κ2) is 6.17. The van der Waals surface area contributed by atoms with E-state index in [2.05, 4.69) is 15.9 Å². The zero-order chi connectivity index (χ0) is 13.0. The van der Waals surface area contributed by atoms with E-state index in [4.69, 9.17) is 0 Å². The van der Waals surface area contributed by atoms with Crippen LogP contribution in [-0.2, 0) is 4.79 Å². The SMILES string of the molecule is CC(C)C(CO)C(=O)N(C)c1ccccc1Br. The summed E-state index contributed by atoms with van der Waals surface area (Å²) in [5.41, 5.74) is 0.816. The Bertz CT molecular complexity index is 393. The van der Waals surface area contributed by atoms with Crippen molar-refractivity contribution in [2.24, 2.45) is 11.8 Å². The summed E-state index contributed by atoms with van der Waals surface area (Å²) in [6, 6.07) is 7.55. The number of amides is 1. The molecule has 4 heteroatoms. The Hall–Kier alpha value is -0.870. The molecule has 0 fully saturated rings. The molecule has 0 aromatic heterocycles. The van der Waals surface area contributed by atoms with Crippen molar-refractivity contribution >= 4 is 27.5 Å². The molecule has 17 heavy (non-hydrogen) atoms. The van der Waals surface area contributed by atoms with Gasteiger partial charge in [-0.1, -0.05) is 26.0 Å². The van der Waals surface area contributed by atoms with Gasteiger partial charge in [-0.25, -0.2) is 0 Å². The molecule has 1 rings (SSSR count). The van der Waals surface area contributed by atoms with E-state index in [1.807, 2.05) is 38.1 Å². The minimum Gasteiger partial charge on any atom is -0.396 e. The summed E-state index contributed by atoms with van der Waals surface area (Å²) in [4.78, 5) is 13.8. The molecule has 1 atom stereocenters. The average molecular weight is 300 g/mol. The first kappa shape index (κ1) is 14.2. The van der Waals surface area contributed by atoms with Gasteiger partial charge in [0.15, 0.2) is 0 Å². The van der Waals surface area contributed by atoms with Crippen LogP contribution in [0.5, 0.6) is 0 Å². The van der Waals surface area contributed by atoms with E-state index in [-0.39, 0.29) is 24.3 Å². The molecule has 0 aliphatic carbocycles. The Kier molecular flexibility index (Phi) is 5.15. The van der Waals surface area contributed by atoms with Gasteiger partial charge in [-0.05, 0) is 34.0 Å². The van der Waals surface area contributed by atoms with Crippen molar-refractivity contribution in [3.8, 4) is 0 Å². The maximum atomic E-state index is 12.2. The van der Waals surface area contributed by atoms with Crippen LogP contribution < -0.4 is 4.90 Å². The van der Waals surface area contributed by atoms with Crippen LogP contribution in [0.3, 0.4) is 0 Å². The first-order valence-electron chi connectivity index (χ1n) is 5.62. The Morgan fingerprint density at radius 3 is 2.47 bits per heavy atom. The summed E-state index contributed by atoms with van der Waals surface area (Å²) in [5, 5.41) is 9.27. The Balaban J connectivity index is 2.94. The first-order valence-corrected chi connectivity index (χ1v) is 6.41. The Morgan fingerprint density at radius 1 is 1.41 bits per heavy atom. The summed E-state index contributed by atoms with van der Waals surface area (Å²) in [7, 11) is 1.73. The van der Waals surface area contributed by atoms with E-state index in [9.17, 15) is 9.90 Å². The number of rotatable bonds is 4. The van der Waals surface area contributed by atoms with Crippen molar-refractivity contribution in [2.75, 3.05) is 18.6 Å². The molecule has 0 aliphatic rings. The normalized spacial score (nSPS) is 12.6. The number of aliphatic hydroxyl groups is 1. The molecule has 0 heterocycles. The third-order valence-electron chi connectivity index (χ3n) is 2.86. The maximum Gasteiger partial charge on any atom is 0.232 e. The van der Waals surface area contributed by atoms with Gasteiger partial charge in [0.2, 0.25) is 5.91 Å². The molecular weight excluding hydrogens is 282 g/mol. The monoisotopic (exact) mass is 299 g/mol. The van der Waals surface area contributed by atoms with Crippen LogP contribution in [0.25, 0.3) is 0 Å². The predicted molar refractivity (Wildman–Crippen MR) is 73.0 cm³/mol. The fourth-order valence-electron chi connectivity index (χ4n) is 1.67. The lowest BCUT2D eigenvalue weighted by molar-refractivity contribution is -0.124. The molecule has 0 radical (unpaired) electrons. The number of halogens is 1. The van der Waals surface area contributed by atoms with Gasteiger partial charge >= 0.3 is 0 Å². The highest BCUT2D eigenvalue weighted by Crippen LogP contribution is 2.26. The third-order valence-corrected chi connectivity index (χ3v) is 3.53. The summed E-state index contributed by atoms with van der Waals surface area (Å²) >= 11 is 3.42. The number of para-hydroxylation sites is 1. The highest BCUT2D eigenvalue weighted by molar-refractivity contribution is 9.10. The van der Waals surface area contributed by atoms with Crippen LogP contribution in [0.15, 0.2) is 28.7 Å². The first-order chi connectivity index (χ1) is 7.99. The molecule has 0 aliphatic heterocycles. The molecule has 0 saturated carbocycles. The van der Waals surface area contributed by atoms with Gasteiger partial charge in [-0.15, -0.1) is 0 Å². The van der Waals surface area contributed by atoms with Gasteiger partial charge in [0, 0.05) is 11.5 Å². The molecule has 1 aromatic rings. The van der Waals surface area contributed by atoms with Crippen LogP contribution in [0.4, 0.5) is 5.69 Å². The smallest absolute Gasteiger partial charge is 0.232 e. The van der Waals surface area contributed by atoms with Gasteiger partial charge in [0.25, 0.3) is 0 Å². The Labute approximate surface area is 111 Å². The molecule has 94 valence electrons. The van der Waals surface area contributed by atoms with Gasteiger partial charge in [-0.2, -0.15) is 0 Å². The highest BCUT2D eigenvalue weighted by Gasteiger charge is 2.25. The molecule has 0 bridgehead atoms. The largest absolute Gasteiger partial charge is 0.396 e. The second-order valence-corrected chi connectivity index (χ2v) is 5.24. The lowest BCUT2D eigenvalue weighted by Gasteiger charge is -2.25. The summed E-state index contributed by atoms with van der Waals surface area (Å²) in [6.07, 6.45) is 0. The van der Waals surface area contributed by atoms with E-state index in [0.717, 1.165) is 10.2 Å². The van der Waals surface area contributed by atoms with Gasteiger partial charge in [0.1, 0.15) is 0 Å². The molecule has 1 N–H and O–H groups in total. The van der Waals surface area contributed by atoms with E-state index in [1.165, 1.54) is 0 Å². The molecule has 1 unspecified atom stereocenters. The van der Waals surface area contributed by atoms with E-state index >= 15 is 0 Å². The van der Waals surface area contributed by atoms with Crippen molar-refractivity contribution in [1.82, 2.24) is 0 Å². The van der Waals surface area contributed by atoms with Crippen molar-refractivity contribution in [3.05, 3.63) is 28.7 Å². The molecule has 3 nitrogen and oxygen atoms in total. The molecular formula is C13H18BrNO2. The lowest BCUT2D eigenvalue weighted by atomic mass is 9.95. The number of carbonyl (C=O) groups excluding carboxylic acids is 1. The van der Waals surface area contributed by atoms with E-state index < -0.39 is 0 Å². The lowest BCUT2D eigenvalue weighted by Crippen LogP contribution is -2.37. The number of hydrogen-bond donors (Lipinski definition) is 1. The minimum absolute atomic E-state index is 0.0607. The minimum atomic E-state index is -0.355. The maximum absolute atomic E-state index is 12.2. The Morgan fingerprint density at radius 2 is 2.00 bits per heavy atom. The van der Waals surface area contributed by atoms with Crippen LogP contribution in [0.1, 0.15) is 13.8 Å². The van der Waals surface area contributed by atoms with Crippen LogP contribution in [0, 0.1) is 11.8 Å². The molecule has 0 spiro atoms. The van der Waals surface area contributed by atoms with E-state index in [1.54, 1.807) is 11.9 Å². The molecule has 1 aromatic carbocycles. The number of carbonyl (C=O) groups is 1. The topological polar surface area (TPSA) is 40.5 Å². The predicted octanol–water partition coefficient (Wildman–Crippen LogP) is 2.68. The fraction of sp³-hybridized carbons (Fsp3) is 0.462. The highest BCUT2D eigenvalue weighted by atomic mass is 79.9. The van der Waals surface area contributed by atoms with Crippen molar-refractivity contribution in [1.29, 1.82) is 0 Å². The van der Waals surface area contributed by atoms with Gasteiger partial charge in [0.05, 0.1) is 18.2 Å². The number of hydrogen-bond acceptors (Lipinski definition) is 2. The molecule has 1 amide bonds. The van der Waals surface area contributed by atoms with Crippen LogP contribution in [0.2, 0.25) is 0 Å².